The normalized spacial score (nSPS) is 14.5. The van der Waals surface area contributed by atoms with Gasteiger partial charge in [-0.15, -0.1) is 11.3 Å². The lowest BCUT2D eigenvalue weighted by molar-refractivity contribution is 0.240. The van der Waals surface area contributed by atoms with E-state index in [9.17, 15) is 4.79 Å². The third-order valence-corrected chi connectivity index (χ3v) is 4.98. The van der Waals surface area contributed by atoms with Crippen molar-refractivity contribution in [2.24, 2.45) is 0 Å². The van der Waals surface area contributed by atoms with Crippen LogP contribution in [0.3, 0.4) is 0 Å². The zero-order valence-corrected chi connectivity index (χ0v) is 14.7. The molecule has 0 unspecified atom stereocenters. The first-order valence-electron chi connectivity index (χ1n) is 8.33. The topological polar surface area (TPSA) is 70.2 Å². The molecule has 0 aromatic carbocycles. The maximum atomic E-state index is 11.8. The molecule has 6 nitrogen and oxygen atoms in total. The fourth-order valence-corrected chi connectivity index (χ4v) is 3.43. The molecular formula is C17H23N5OS. The van der Waals surface area contributed by atoms with Crippen LogP contribution in [0.15, 0.2) is 23.7 Å². The summed E-state index contributed by atoms with van der Waals surface area (Å²) < 4.78 is 0. The average Bonchev–Trinajstić information content (AvgIpc) is 3.05. The Hall–Kier alpha value is -2.15. The molecule has 1 saturated heterocycles. The quantitative estimate of drug-likeness (QED) is 0.874. The lowest BCUT2D eigenvalue weighted by atomic mass is 10.1. The van der Waals surface area contributed by atoms with Crippen LogP contribution in [-0.4, -0.2) is 29.1 Å². The highest BCUT2D eigenvalue weighted by Gasteiger charge is 2.11. The Morgan fingerprint density at radius 1 is 1.21 bits per heavy atom. The second kappa shape index (κ2) is 8.10. The number of urea groups is 1. The van der Waals surface area contributed by atoms with Crippen molar-refractivity contribution in [3.63, 3.8) is 0 Å². The van der Waals surface area contributed by atoms with Crippen molar-refractivity contribution in [2.45, 2.75) is 39.3 Å². The smallest absolute Gasteiger partial charge is 0.315 e. The van der Waals surface area contributed by atoms with Gasteiger partial charge < -0.3 is 15.5 Å². The summed E-state index contributed by atoms with van der Waals surface area (Å²) in [5.41, 5.74) is 1.98. The summed E-state index contributed by atoms with van der Waals surface area (Å²) >= 11 is 1.55. The molecule has 2 aromatic rings. The van der Waals surface area contributed by atoms with Crippen molar-refractivity contribution >= 4 is 23.2 Å². The summed E-state index contributed by atoms with van der Waals surface area (Å²) in [5, 5.41) is 8.55. The van der Waals surface area contributed by atoms with Gasteiger partial charge in [0, 0.05) is 36.9 Å². The van der Waals surface area contributed by atoms with Crippen LogP contribution in [0.2, 0.25) is 0 Å². The van der Waals surface area contributed by atoms with Gasteiger partial charge in [0.2, 0.25) is 0 Å². The van der Waals surface area contributed by atoms with Gasteiger partial charge in [-0.2, -0.15) is 0 Å². The molecule has 0 spiro atoms. The number of anilines is 1. The number of aryl methyl sites for hydroxylation is 1. The summed E-state index contributed by atoms with van der Waals surface area (Å²) in [6.45, 7) is 5.04. The fraction of sp³-hybridized carbons (Fsp3) is 0.471. The second-order valence-electron chi connectivity index (χ2n) is 5.99. The van der Waals surface area contributed by atoms with Crippen LogP contribution in [0.1, 0.15) is 35.5 Å². The van der Waals surface area contributed by atoms with Crippen molar-refractivity contribution in [1.82, 2.24) is 20.6 Å². The SMILES string of the molecule is Cc1csc(CNC(=O)NCc2ccc(N3CCCCC3)nc2)n1. The van der Waals surface area contributed by atoms with E-state index in [0.717, 1.165) is 35.2 Å². The molecule has 1 fully saturated rings. The van der Waals surface area contributed by atoms with Crippen LogP contribution < -0.4 is 15.5 Å². The van der Waals surface area contributed by atoms with Gasteiger partial charge in [0.25, 0.3) is 0 Å². The molecule has 1 aliphatic rings. The highest BCUT2D eigenvalue weighted by atomic mass is 32.1. The number of rotatable bonds is 5. The van der Waals surface area contributed by atoms with Crippen LogP contribution >= 0.6 is 11.3 Å². The molecule has 1 aliphatic heterocycles. The van der Waals surface area contributed by atoms with Gasteiger partial charge in [-0.3, -0.25) is 0 Å². The Kier molecular flexibility index (Phi) is 5.63. The van der Waals surface area contributed by atoms with Crippen LogP contribution in [0, 0.1) is 6.92 Å². The van der Waals surface area contributed by atoms with E-state index in [1.165, 1.54) is 19.3 Å². The summed E-state index contributed by atoms with van der Waals surface area (Å²) in [4.78, 5) is 23.0. The molecule has 128 valence electrons. The van der Waals surface area contributed by atoms with Gasteiger partial charge in [-0.25, -0.2) is 14.8 Å². The second-order valence-corrected chi connectivity index (χ2v) is 6.93. The Balaban J connectivity index is 1.43. The molecule has 0 radical (unpaired) electrons. The predicted octanol–water partition coefficient (Wildman–Crippen LogP) is 2.84. The number of aromatic nitrogens is 2. The molecule has 7 heteroatoms. The molecule has 2 amide bonds. The van der Waals surface area contributed by atoms with E-state index in [2.05, 4.69) is 25.5 Å². The summed E-state index contributed by atoms with van der Waals surface area (Å²) in [7, 11) is 0. The number of hydrogen-bond acceptors (Lipinski definition) is 5. The summed E-state index contributed by atoms with van der Waals surface area (Å²) in [6.07, 6.45) is 5.64. The Labute approximate surface area is 146 Å². The largest absolute Gasteiger partial charge is 0.357 e. The van der Waals surface area contributed by atoms with E-state index in [-0.39, 0.29) is 6.03 Å². The first-order valence-corrected chi connectivity index (χ1v) is 9.21. The number of amides is 2. The van der Waals surface area contributed by atoms with Crippen LogP contribution in [-0.2, 0) is 13.1 Å². The molecule has 0 atom stereocenters. The number of nitrogens with one attached hydrogen (secondary N) is 2. The van der Waals surface area contributed by atoms with Crippen LogP contribution in [0.5, 0.6) is 0 Å². The highest BCUT2D eigenvalue weighted by molar-refractivity contribution is 7.09. The van der Waals surface area contributed by atoms with Crippen molar-refractivity contribution in [2.75, 3.05) is 18.0 Å². The van der Waals surface area contributed by atoms with Gasteiger partial charge in [0.1, 0.15) is 10.8 Å². The molecule has 0 bridgehead atoms. The van der Waals surface area contributed by atoms with Crippen LogP contribution in [0.25, 0.3) is 0 Å². The molecule has 0 aliphatic carbocycles. The lowest BCUT2D eigenvalue weighted by Crippen LogP contribution is -2.34. The highest BCUT2D eigenvalue weighted by Crippen LogP contribution is 2.17. The van der Waals surface area contributed by atoms with E-state index in [0.29, 0.717) is 13.1 Å². The minimum atomic E-state index is -0.192. The van der Waals surface area contributed by atoms with Crippen molar-refractivity contribution in [1.29, 1.82) is 0 Å². The Bertz CT molecular complexity index is 664. The maximum absolute atomic E-state index is 11.8. The van der Waals surface area contributed by atoms with Crippen molar-refractivity contribution < 1.29 is 4.79 Å². The minimum absolute atomic E-state index is 0.192. The number of carbonyl (C=O) groups is 1. The van der Waals surface area contributed by atoms with E-state index in [4.69, 9.17) is 0 Å². The number of piperidine rings is 1. The van der Waals surface area contributed by atoms with E-state index < -0.39 is 0 Å². The predicted molar refractivity (Wildman–Crippen MR) is 96.2 cm³/mol. The number of thiazole rings is 1. The monoisotopic (exact) mass is 345 g/mol. The zero-order chi connectivity index (χ0) is 16.8. The van der Waals surface area contributed by atoms with Gasteiger partial charge in [0.05, 0.1) is 6.54 Å². The number of pyridine rings is 1. The average molecular weight is 345 g/mol. The van der Waals surface area contributed by atoms with Gasteiger partial charge in [-0.1, -0.05) is 6.07 Å². The standard InChI is InChI=1S/C17H23N5OS/c1-13-12-24-16(21-13)11-20-17(23)19-10-14-5-6-15(18-9-14)22-7-3-2-4-8-22/h5-6,9,12H,2-4,7-8,10-11H2,1H3,(H2,19,20,23). The zero-order valence-electron chi connectivity index (χ0n) is 13.9. The Morgan fingerprint density at radius 2 is 2.00 bits per heavy atom. The third kappa shape index (κ3) is 4.67. The molecular weight excluding hydrogens is 322 g/mol. The Morgan fingerprint density at radius 3 is 2.67 bits per heavy atom. The first-order chi connectivity index (χ1) is 11.7. The van der Waals surface area contributed by atoms with Gasteiger partial charge >= 0.3 is 6.03 Å². The minimum Gasteiger partial charge on any atom is -0.357 e. The van der Waals surface area contributed by atoms with Gasteiger partial charge in [-0.05, 0) is 37.8 Å². The van der Waals surface area contributed by atoms with Crippen LogP contribution in [0.4, 0.5) is 10.6 Å². The van der Waals surface area contributed by atoms with E-state index >= 15 is 0 Å². The summed E-state index contributed by atoms with van der Waals surface area (Å²) in [5.74, 6) is 1.03. The van der Waals surface area contributed by atoms with E-state index in [1.54, 1.807) is 11.3 Å². The number of carbonyl (C=O) groups excluding carboxylic acids is 1. The molecule has 24 heavy (non-hydrogen) atoms. The van der Waals surface area contributed by atoms with Crippen molar-refractivity contribution in [3.05, 3.63) is 40.0 Å². The third-order valence-electron chi connectivity index (χ3n) is 4.01. The first kappa shape index (κ1) is 16.7. The van der Waals surface area contributed by atoms with Gasteiger partial charge in [0.15, 0.2) is 0 Å². The van der Waals surface area contributed by atoms with Crippen molar-refractivity contribution in [3.8, 4) is 0 Å². The molecule has 0 saturated carbocycles. The number of hydrogen-bond donors (Lipinski definition) is 2. The maximum Gasteiger partial charge on any atom is 0.315 e. The molecule has 3 rings (SSSR count). The molecule has 2 aromatic heterocycles. The molecule has 2 N–H and O–H groups in total. The fourth-order valence-electron chi connectivity index (χ4n) is 2.72. The molecule has 3 heterocycles. The van der Waals surface area contributed by atoms with E-state index in [1.807, 2.05) is 30.6 Å². The number of nitrogens with zero attached hydrogens (tertiary/aromatic N) is 3. The summed E-state index contributed by atoms with van der Waals surface area (Å²) in [6, 6.07) is 3.88. The lowest BCUT2D eigenvalue weighted by Gasteiger charge is -2.27.